The van der Waals surface area contributed by atoms with E-state index in [2.05, 4.69) is 0 Å². The van der Waals surface area contributed by atoms with Gasteiger partial charge in [0.05, 0.1) is 12.1 Å². The van der Waals surface area contributed by atoms with Gasteiger partial charge in [-0.15, -0.1) is 0 Å². The van der Waals surface area contributed by atoms with Crippen LogP contribution < -0.4 is 4.74 Å². The third-order valence-electron chi connectivity index (χ3n) is 1.96. The highest BCUT2D eigenvalue weighted by atomic mass is 35.5. The molecule has 0 radical (unpaired) electrons. The summed E-state index contributed by atoms with van der Waals surface area (Å²) in [6, 6.07) is 5.00. The Morgan fingerprint density at radius 1 is 1.60 bits per heavy atom. The summed E-state index contributed by atoms with van der Waals surface area (Å²) in [5.41, 5.74) is 0.547. The summed E-state index contributed by atoms with van der Waals surface area (Å²) in [6.45, 7) is 0. The van der Waals surface area contributed by atoms with Crippen molar-refractivity contribution in [3.05, 3.63) is 28.8 Å². The SMILES string of the molecule is COc1cccc(CC(O)C(=O)O)c1Cl. The molecular weight excluding hydrogens is 220 g/mol. The van der Waals surface area contributed by atoms with Gasteiger partial charge in [0.15, 0.2) is 6.10 Å². The molecule has 5 heteroatoms. The van der Waals surface area contributed by atoms with Crippen molar-refractivity contribution in [2.24, 2.45) is 0 Å². The van der Waals surface area contributed by atoms with Crippen LogP contribution in [0.2, 0.25) is 5.02 Å². The highest BCUT2D eigenvalue weighted by Crippen LogP contribution is 2.28. The van der Waals surface area contributed by atoms with E-state index in [1.165, 1.54) is 7.11 Å². The van der Waals surface area contributed by atoms with Gasteiger partial charge < -0.3 is 14.9 Å². The zero-order valence-corrected chi connectivity index (χ0v) is 8.86. The molecule has 0 bridgehead atoms. The molecule has 0 fully saturated rings. The van der Waals surface area contributed by atoms with Crippen molar-refractivity contribution in [2.75, 3.05) is 7.11 Å². The van der Waals surface area contributed by atoms with Crippen LogP contribution in [0.25, 0.3) is 0 Å². The maximum Gasteiger partial charge on any atom is 0.332 e. The Morgan fingerprint density at radius 2 is 2.27 bits per heavy atom. The third-order valence-corrected chi connectivity index (χ3v) is 2.39. The lowest BCUT2D eigenvalue weighted by Crippen LogP contribution is -2.22. The first kappa shape index (κ1) is 11.8. The largest absolute Gasteiger partial charge is 0.495 e. The molecule has 2 N–H and O–H groups in total. The monoisotopic (exact) mass is 230 g/mol. The lowest BCUT2D eigenvalue weighted by molar-refractivity contribution is -0.146. The predicted octanol–water partition coefficient (Wildman–Crippen LogP) is 1.34. The summed E-state index contributed by atoms with van der Waals surface area (Å²) in [4.78, 5) is 10.4. The molecule has 1 rings (SSSR count). The summed E-state index contributed by atoms with van der Waals surface area (Å²) in [7, 11) is 1.47. The van der Waals surface area contributed by atoms with Crippen LogP contribution in [0.3, 0.4) is 0 Å². The lowest BCUT2D eigenvalue weighted by atomic mass is 10.1. The van der Waals surface area contributed by atoms with Crippen LogP contribution in [0.1, 0.15) is 5.56 Å². The molecule has 0 saturated carbocycles. The van der Waals surface area contributed by atoms with E-state index in [1.807, 2.05) is 0 Å². The normalized spacial score (nSPS) is 12.2. The molecule has 1 aromatic carbocycles. The Kier molecular flexibility index (Phi) is 3.94. The zero-order valence-electron chi connectivity index (χ0n) is 8.11. The van der Waals surface area contributed by atoms with Gasteiger partial charge >= 0.3 is 5.97 Å². The molecule has 15 heavy (non-hydrogen) atoms. The molecule has 0 saturated heterocycles. The fourth-order valence-electron chi connectivity index (χ4n) is 1.17. The molecule has 1 aromatic rings. The van der Waals surface area contributed by atoms with E-state index in [0.717, 1.165) is 0 Å². The molecule has 0 amide bonds. The highest BCUT2D eigenvalue weighted by molar-refractivity contribution is 6.32. The molecule has 82 valence electrons. The van der Waals surface area contributed by atoms with Gasteiger partial charge in [-0.2, -0.15) is 0 Å². The minimum Gasteiger partial charge on any atom is -0.495 e. The Hall–Kier alpha value is -1.26. The van der Waals surface area contributed by atoms with Gasteiger partial charge in [0, 0.05) is 6.42 Å². The summed E-state index contributed by atoms with van der Waals surface area (Å²) < 4.78 is 4.97. The fraction of sp³-hybridized carbons (Fsp3) is 0.300. The van der Waals surface area contributed by atoms with Gasteiger partial charge in [0.2, 0.25) is 0 Å². The first-order valence-electron chi connectivity index (χ1n) is 4.28. The van der Waals surface area contributed by atoms with E-state index < -0.39 is 12.1 Å². The number of aliphatic carboxylic acids is 1. The van der Waals surface area contributed by atoms with Crippen molar-refractivity contribution in [2.45, 2.75) is 12.5 Å². The fourth-order valence-corrected chi connectivity index (χ4v) is 1.45. The average molecular weight is 231 g/mol. The van der Waals surface area contributed by atoms with Gasteiger partial charge in [-0.05, 0) is 11.6 Å². The van der Waals surface area contributed by atoms with E-state index in [4.69, 9.17) is 26.6 Å². The van der Waals surface area contributed by atoms with Gasteiger partial charge in [0.1, 0.15) is 5.75 Å². The van der Waals surface area contributed by atoms with Crippen LogP contribution >= 0.6 is 11.6 Å². The number of halogens is 1. The second-order valence-corrected chi connectivity index (χ2v) is 3.37. The molecule has 0 spiro atoms. The second-order valence-electron chi connectivity index (χ2n) is 2.99. The zero-order chi connectivity index (χ0) is 11.4. The minimum atomic E-state index is -1.45. The lowest BCUT2D eigenvalue weighted by Gasteiger charge is -2.10. The Balaban J connectivity index is 2.90. The van der Waals surface area contributed by atoms with Gasteiger partial charge in [-0.1, -0.05) is 23.7 Å². The van der Waals surface area contributed by atoms with Crippen molar-refractivity contribution in [3.8, 4) is 5.75 Å². The van der Waals surface area contributed by atoms with E-state index in [9.17, 15) is 4.79 Å². The topological polar surface area (TPSA) is 66.8 Å². The molecule has 0 aliphatic carbocycles. The van der Waals surface area contributed by atoms with Crippen molar-refractivity contribution in [1.29, 1.82) is 0 Å². The first-order valence-corrected chi connectivity index (χ1v) is 4.66. The molecule has 1 unspecified atom stereocenters. The smallest absolute Gasteiger partial charge is 0.332 e. The Labute approximate surface area is 92.1 Å². The number of methoxy groups -OCH3 is 1. The number of aliphatic hydroxyl groups is 1. The second kappa shape index (κ2) is 5.00. The third kappa shape index (κ3) is 2.84. The van der Waals surface area contributed by atoms with Gasteiger partial charge in [-0.25, -0.2) is 4.79 Å². The minimum absolute atomic E-state index is 0.0363. The molecule has 0 heterocycles. The highest BCUT2D eigenvalue weighted by Gasteiger charge is 2.16. The van der Waals surface area contributed by atoms with E-state index in [1.54, 1.807) is 18.2 Å². The molecule has 0 aliphatic rings. The number of benzene rings is 1. The number of aliphatic hydroxyl groups excluding tert-OH is 1. The number of carboxylic acids is 1. The number of hydrogen-bond donors (Lipinski definition) is 2. The van der Waals surface area contributed by atoms with Crippen molar-refractivity contribution in [3.63, 3.8) is 0 Å². The molecule has 4 nitrogen and oxygen atoms in total. The number of hydrogen-bond acceptors (Lipinski definition) is 3. The van der Waals surface area contributed by atoms with Crippen molar-refractivity contribution < 1.29 is 19.7 Å². The molecule has 1 atom stereocenters. The standard InChI is InChI=1S/C10H11ClO4/c1-15-8-4-2-3-6(9(8)11)5-7(12)10(13)14/h2-4,7,12H,5H2,1H3,(H,13,14). The molecule has 0 aromatic heterocycles. The summed E-state index contributed by atoms with van der Waals surface area (Å²) in [6.07, 6.45) is -1.49. The van der Waals surface area contributed by atoms with Crippen LogP contribution in [0.15, 0.2) is 18.2 Å². The van der Waals surface area contributed by atoms with Crippen molar-refractivity contribution in [1.82, 2.24) is 0 Å². The number of rotatable bonds is 4. The Morgan fingerprint density at radius 3 is 2.80 bits per heavy atom. The quantitative estimate of drug-likeness (QED) is 0.819. The molecule has 0 aliphatic heterocycles. The number of ether oxygens (including phenoxy) is 1. The first-order chi connectivity index (χ1) is 7.06. The van der Waals surface area contributed by atoms with Crippen molar-refractivity contribution >= 4 is 17.6 Å². The maximum absolute atomic E-state index is 10.4. The number of carboxylic acid groups (broad SMARTS) is 1. The van der Waals surface area contributed by atoms with Crippen LogP contribution in [0.4, 0.5) is 0 Å². The number of carbonyl (C=O) groups is 1. The van der Waals surface area contributed by atoms with E-state index >= 15 is 0 Å². The van der Waals surface area contributed by atoms with E-state index in [0.29, 0.717) is 16.3 Å². The predicted molar refractivity (Wildman–Crippen MR) is 55.4 cm³/mol. The summed E-state index contributed by atoms with van der Waals surface area (Å²) >= 11 is 5.93. The molecular formula is C10H11ClO4. The average Bonchev–Trinajstić information content (AvgIpc) is 2.21. The summed E-state index contributed by atoms with van der Waals surface area (Å²) in [5.74, 6) is -0.805. The Bertz CT molecular complexity index is 364. The van der Waals surface area contributed by atoms with E-state index in [-0.39, 0.29) is 6.42 Å². The van der Waals surface area contributed by atoms with Crippen LogP contribution in [0.5, 0.6) is 5.75 Å². The van der Waals surface area contributed by atoms with Crippen LogP contribution in [-0.4, -0.2) is 29.4 Å². The summed E-state index contributed by atoms with van der Waals surface area (Å²) in [5, 5.41) is 18.0. The van der Waals surface area contributed by atoms with Crippen LogP contribution in [-0.2, 0) is 11.2 Å². The van der Waals surface area contributed by atoms with Crippen LogP contribution in [0, 0.1) is 0 Å². The maximum atomic E-state index is 10.4. The van der Waals surface area contributed by atoms with Gasteiger partial charge in [0.25, 0.3) is 0 Å². The van der Waals surface area contributed by atoms with Gasteiger partial charge in [-0.3, -0.25) is 0 Å².